The number of aryl methyl sites for hydroxylation is 1. The van der Waals surface area contributed by atoms with Gasteiger partial charge in [0.05, 0.1) is 25.0 Å². The Morgan fingerprint density at radius 3 is 2.55 bits per heavy atom. The molecule has 1 aromatic heterocycles. The molecule has 0 spiro atoms. The quantitative estimate of drug-likeness (QED) is 0.627. The van der Waals surface area contributed by atoms with Gasteiger partial charge in [0.2, 0.25) is 0 Å². The third-order valence-electron chi connectivity index (χ3n) is 3.80. The van der Waals surface area contributed by atoms with Crippen LogP contribution in [0.1, 0.15) is 70.5 Å². The zero-order chi connectivity index (χ0) is 14.8. The van der Waals surface area contributed by atoms with Gasteiger partial charge in [-0.1, -0.05) is 52.4 Å². The van der Waals surface area contributed by atoms with Crippen LogP contribution >= 0.6 is 0 Å². The van der Waals surface area contributed by atoms with Crippen LogP contribution in [-0.4, -0.2) is 23.4 Å². The monoisotopic (exact) mass is 281 g/mol. The van der Waals surface area contributed by atoms with E-state index in [2.05, 4.69) is 24.3 Å². The van der Waals surface area contributed by atoms with E-state index in [-0.39, 0.29) is 0 Å². The molecule has 0 aliphatic carbocycles. The molecule has 0 radical (unpaired) electrons. The molecule has 0 saturated heterocycles. The lowest BCUT2D eigenvalue weighted by atomic mass is 10.0. The molecule has 116 valence electrons. The number of ether oxygens (including phenoxy) is 1. The zero-order valence-electron chi connectivity index (χ0n) is 13.6. The lowest BCUT2D eigenvalue weighted by Gasteiger charge is -2.19. The summed E-state index contributed by atoms with van der Waals surface area (Å²) in [4.78, 5) is 0. The van der Waals surface area contributed by atoms with Crippen LogP contribution in [0.4, 0.5) is 0 Å². The van der Waals surface area contributed by atoms with E-state index in [0.29, 0.717) is 6.04 Å². The van der Waals surface area contributed by atoms with Crippen molar-refractivity contribution in [3.05, 3.63) is 11.9 Å². The highest BCUT2D eigenvalue weighted by Gasteiger charge is 2.19. The van der Waals surface area contributed by atoms with E-state index in [1.165, 1.54) is 44.2 Å². The van der Waals surface area contributed by atoms with E-state index in [0.717, 1.165) is 18.7 Å². The van der Waals surface area contributed by atoms with E-state index in [4.69, 9.17) is 4.74 Å². The second-order valence-electron chi connectivity index (χ2n) is 5.39. The first-order chi connectivity index (χ1) is 9.74. The SMILES string of the molecule is CCCCCCCCC(NCC)c1c(OC)cnn1C. The van der Waals surface area contributed by atoms with E-state index in [1.807, 2.05) is 11.7 Å². The van der Waals surface area contributed by atoms with E-state index >= 15 is 0 Å². The number of nitrogens with zero attached hydrogens (tertiary/aromatic N) is 2. The molecule has 0 saturated carbocycles. The molecular weight excluding hydrogens is 250 g/mol. The van der Waals surface area contributed by atoms with Crippen LogP contribution in [0.25, 0.3) is 0 Å². The average molecular weight is 281 g/mol. The van der Waals surface area contributed by atoms with Crippen LogP contribution in [0.5, 0.6) is 5.75 Å². The molecule has 0 fully saturated rings. The topological polar surface area (TPSA) is 39.1 Å². The summed E-state index contributed by atoms with van der Waals surface area (Å²) in [5.74, 6) is 0.893. The summed E-state index contributed by atoms with van der Waals surface area (Å²) in [5, 5.41) is 7.87. The summed E-state index contributed by atoms with van der Waals surface area (Å²) in [7, 11) is 3.71. The maximum absolute atomic E-state index is 5.43. The Hall–Kier alpha value is -1.03. The molecular formula is C16H31N3O. The summed E-state index contributed by atoms with van der Waals surface area (Å²) < 4.78 is 7.36. The third-order valence-corrected chi connectivity index (χ3v) is 3.80. The van der Waals surface area contributed by atoms with Gasteiger partial charge in [-0.3, -0.25) is 4.68 Å². The van der Waals surface area contributed by atoms with Gasteiger partial charge in [0.1, 0.15) is 0 Å². The molecule has 4 heteroatoms. The smallest absolute Gasteiger partial charge is 0.161 e. The van der Waals surface area contributed by atoms with Crippen molar-refractivity contribution in [3.63, 3.8) is 0 Å². The highest BCUT2D eigenvalue weighted by atomic mass is 16.5. The number of methoxy groups -OCH3 is 1. The Labute approximate surface area is 123 Å². The molecule has 1 atom stereocenters. The van der Waals surface area contributed by atoms with Crippen molar-refractivity contribution in [2.24, 2.45) is 7.05 Å². The molecule has 0 aromatic carbocycles. The van der Waals surface area contributed by atoms with Crippen LogP contribution < -0.4 is 10.1 Å². The van der Waals surface area contributed by atoms with Crippen molar-refractivity contribution in [2.45, 2.75) is 64.8 Å². The average Bonchev–Trinajstić information content (AvgIpc) is 2.82. The van der Waals surface area contributed by atoms with Crippen molar-refractivity contribution in [3.8, 4) is 5.75 Å². The van der Waals surface area contributed by atoms with Gasteiger partial charge < -0.3 is 10.1 Å². The zero-order valence-corrected chi connectivity index (χ0v) is 13.6. The number of nitrogens with one attached hydrogen (secondary N) is 1. The van der Waals surface area contributed by atoms with Gasteiger partial charge in [0.15, 0.2) is 5.75 Å². The molecule has 1 aromatic rings. The Morgan fingerprint density at radius 1 is 1.20 bits per heavy atom. The van der Waals surface area contributed by atoms with Crippen LogP contribution in [0.15, 0.2) is 6.20 Å². The molecule has 4 nitrogen and oxygen atoms in total. The van der Waals surface area contributed by atoms with E-state index in [9.17, 15) is 0 Å². The largest absolute Gasteiger partial charge is 0.493 e. The second-order valence-corrected chi connectivity index (χ2v) is 5.39. The first kappa shape index (κ1) is 17.0. The highest BCUT2D eigenvalue weighted by Crippen LogP contribution is 2.28. The molecule has 20 heavy (non-hydrogen) atoms. The van der Waals surface area contributed by atoms with Crippen molar-refractivity contribution in [1.82, 2.24) is 15.1 Å². The lowest BCUT2D eigenvalue weighted by Crippen LogP contribution is -2.23. The molecule has 0 aliphatic rings. The van der Waals surface area contributed by atoms with Crippen LogP contribution in [-0.2, 0) is 7.05 Å². The summed E-state index contributed by atoms with van der Waals surface area (Å²) in [6, 6.07) is 0.341. The number of hydrogen-bond acceptors (Lipinski definition) is 3. The molecule has 1 unspecified atom stereocenters. The van der Waals surface area contributed by atoms with Crippen molar-refractivity contribution in [2.75, 3.05) is 13.7 Å². The van der Waals surface area contributed by atoms with Crippen LogP contribution in [0.3, 0.4) is 0 Å². The number of hydrogen-bond donors (Lipinski definition) is 1. The predicted molar refractivity (Wildman–Crippen MR) is 84.2 cm³/mol. The molecule has 0 bridgehead atoms. The van der Waals surface area contributed by atoms with Crippen molar-refractivity contribution < 1.29 is 4.74 Å². The van der Waals surface area contributed by atoms with Gasteiger partial charge in [-0.05, 0) is 13.0 Å². The van der Waals surface area contributed by atoms with Gasteiger partial charge in [-0.25, -0.2) is 0 Å². The Balaban J connectivity index is 2.49. The maximum atomic E-state index is 5.43. The Morgan fingerprint density at radius 2 is 1.90 bits per heavy atom. The summed E-state index contributed by atoms with van der Waals surface area (Å²) in [5.41, 5.74) is 1.17. The van der Waals surface area contributed by atoms with Crippen molar-refractivity contribution in [1.29, 1.82) is 0 Å². The molecule has 1 heterocycles. The fraction of sp³-hybridized carbons (Fsp3) is 0.812. The Kier molecular flexibility index (Phi) is 8.35. The fourth-order valence-corrected chi connectivity index (χ4v) is 2.69. The first-order valence-corrected chi connectivity index (χ1v) is 8.03. The molecule has 0 aliphatic heterocycles. The Bertz CT molecular complexity index is 363. The van der Waals surface area contributed by atoms with Gasteiger partial charge >= 0.3 is 0 Å². The minimum atomic E-state index is 0.341. The van der Waals surface area contributed by atoms with Crippen LogP contribution in [0.2, 0.25) is 0 Å². The van der Waals surface area contributed by atoms with Gasteiger partial charge in [-0.2, -0.15) is 5.10 Å². The summed E-state index contributed by atoms with van der Waals surface area (Å²) in [6.07, 6.45) is 10.9. The lowest BCUT2D eigenvalue weighted by molar-refractivity contribution is 0.385. The standard InChI is InChI=1S/C16H31N3O/c1-5-7-8-9-10-11-12-14(17-6-2)16-15(20-4)13-18-19(16)3/h13-14,17H,5-12H2,1-4H3. The second kappa shape index (κ2) is 9.81. The maximum Gasteiger partial charge on any atom is 0.161 e. The number of unbranched alkanes of at least 4 members (excludes halogenated alkanes) is 5. The number of rotatable bonds is 11. The first-order valence-electron chi connectivity index (χ1n) is 8.03. The molecule has 0 amide bonds. The predicted octanol–water partition coefficient (Wildman–Crippen LogP) is 3.83. The van der Waals surface area contributed by atoms with E-state index < -0.39 is 0 Å². The minimum absolute atomic E-state index is 0.341. The third kappa shape index (κ3) is 5.16. The summed E-state index contributed by atoms with van der Waals surface area (Å²) >= 11 is 0. The highest BCUT2D eigenvalue weighted by molar-refractivity contribution is 5.28. The normalized spacial score (nSPS) is 12.6. The van der Waals surface area contributed by atoms with Gasteiger partial charge in [-0.15, -0.1) is 0 Å². The molecule has 1 rings (SSSR count). The number of aromatic nitrogens is 2. The van der Waals surface area contributed by atoms with Crippen molar-refractivity contribution >= 4 is 0 Å². The van der Waals surface area contributed by atoms with Gasteiger partial charge in [0.25, 0.3) is 0 Å². The fourth-order valence-electron chi connectivity index (χ4n) is 2.69. The van der Waals surface area contributed by atoms with E-state index in [1.54, 1.807) is 13.3 Å². The minimum Gasteiger partial charge on any atom is -0.493 e. The van der Waals surface area contributed by atoms with Gasteiger partial charge in [0, 0.05) is 7.05 Å². The van der Waals surface area contributed by atoms with Crippen LogP contribution in [0, 0.1) is 0 Å². The molecule has 1 N–H and O–H groups in total. The summed E-state index contributed by atoms with van der Waals surface area (Å²) in [6.45, 7) is 5.38.